The summed E-state index contributed by atoms with van der Waals surface area (Å²) in [5.74, 6) is 1.30. The van der Waals surface area contributed by atoms with Crippen LogP contribution in [0.2, 0.25) is 0 Å². The molecule has 2 atom stereocenters. The van der Waals surface area contributed by atoms with Gasteiger partial charge in [-0.2, -0.15) is 5.26 Å². The van der Waals surface area contributed by atoms with Gasteiger partial charge in [0.2, 0.25) is 0 Å². The van der Waals surface area contributed by atoms with Crippen LogP contribution in [-0.4, -0.2) is 5.54 Å². The van der Waals surface area contributed by atoms with Crippen molar-refractivity contribution in [2.24, 2.45) is 11.8 Å². The quantitative estimate of drug-likeness (QED) is 0.853. The van der Waals surface area contributed by atoms with Crippen molar-refractivity contribution in [1.82, 2.24) is 0 Å². The highest BCUT2D eigenvalue weighted by molar-refractivity contribution is 9.10. The molecule has 1 aliphatic rings. The highest BCUT2D eigenvalue weighted by Crippen LogP contribution is 2.38. The zero-order chi connectivity index (χ0) is 13.9. The third-order valence-corrected chi connectivity index (χ3v) is 4.65. The van der Waals surface area contributed by atoms with Crippen LogP contribution in [0.25, 0.3) is 0 Å². The molecule has 1 aromatic rings. The van der Waals surface area contributed by atoms with Crippen LogP contribution in [0, 0.1) is 23.2 Å². The highest BCUT2D eigenvalue weighted by atomic mass is 79.9. The number of halogens is 1. The molecular weight excluding hydrogens is 300 g/mol. The number of benzene rings is 1. The molecule has 19 heavy (non-hydrogen) atoms. The molecule has 0 heterocycles. The lowest BCUT2D eigenvalue weighted by Crippen LogP contribution is -2.42. The maximum Gasteiger partial charge on any atom is 0.125 e. The van der Waals surface area contributed by atoms with Gasteiger partial charge in [0.15, 0.2) is 0 Å². The van der Waals surface area contributed by atoms with E-state index < -0.39 is 5.54 Å². The highest BCUT2D eigenvalue weighted by Gasteiger charge is 2.37. The van der Waals surface area contributed by atoms with Crippen LogP contribution >= 0.6 is 15.9 Å². The van der Waals surface area contributed by atoms with Gasteiger partial charge in [-0.1, -0.05) is 35.8 Å². The molecule has 3 heteroatoms. The van der Waals surface area contributed by atoms with E-state index in [-0.39, 0.29) is 0 Å². The Balaban J connectivity index is 2.17. The fourth-order valence-corrected chi connectivity index (χ4v) is 3.37. The molecule has 0 saturated heterocycles. The number of nitrogens with one attached hydrogen (secondary N) is 1. The minimum Gasteiger partial charge on any atom is -0.367 e. The Morgan fingerprint density at radius 3 is 2.89 bits per heavy atom. The Hall–Kier alpha value is -1.01. The maximum atomic E-state index is 9.65. The van der Waals surface area contributed by atoms with Gasteiger partial charge >= 0.3 is 0 Å². The molecule has 1 saturated carbocycles. The molecule has 2 nitrogen and oxygen atoms in total. The number of nitrogens with zero attached hydrogens (tertiary/aromatic N) is 1. The lowest BCUT2D eigenvalue weighted by Gasteiger charge is -2.38. The minimum atomic E-state index is -0.395. The first-order chi connectivity index (χ1) is 9.04. The average molecular weight is 321 g/mol. The standard InChI is InChI=1S/C16H21BrN2/c1-12(2)13-5-4-8-16(10-13,11-18)19-15-7-3-6-14(17)9-15/h3,6-7,9,12-13,19H,4-5,8,10H2,1-2H3. The largest absolute Gasteiger partial charge is 0.367 e. The van der Waals surface area contributed by atoms with E-state index >= 15 is 0 Å². The Labute approximate surface area is 124 Å². The minimum absolute atomic E-state index is 0.395. The van der Waals surface area contributed by atoms with E-state index in [0.717, 1.165) is 29.4 Å². The zero-order valence-corrected chi connectivity index (χ0v) is 13.2. The molecule has 2 unspecified atom stereocenters. The molecule has 0 aliphatic heterocycles. The van der Waals surface area contributed by atoms with E-state index in [1.807, 2.05) is 24.3 Å². The predicted molar refractivity (Wildman–Crippen MR) is 82.9 cm³/mol. The van der Waals surface area contributed by atoms with Crippen LogP contribution in [0.1, 0.15) is 39.5 Å². The van der Waals surface area contributed by atoms with Crippen molar-refractivity contribution in [2.75, 3.05) is 5.32 Å². The molecule has 1 aliphatic carbocycles. The molecule has 0 spiro atoms. The summed E-state index contributed by atoms with van der Waals surface area (Å²) in [6, 6.07) is 10.6. The van der Waals surface area contributed by atoms with Gasteiger partial charge in [0.1, 0.15) is 5.54 Å². The summed E-state index contributed by atoms with van der Waals surface area (Å²) in [5, 5.41) is 13.1. The van der Waals surface area contributed by atoms with Crippen LogP contribution in [0.5, 0.6) is 0 Å². The van der Waals surface area contributed by atoms with Gasteiger partial charge in [-0.25, -0.2) is 0 Å². The van der Waals surface area contributed by atoms with Gasteiger partial charge in [0.05, 0.1) is 6.07 Å². The van der Waals surface area contributed by atoms with Crippen LogP contribution in [0.3, 0.4) is 0 Å². The molecule has 1 aromatic carbocycles. The number of hydrogen-bond acceptors (Lipinski definition) is 2. The maximum absolute atomic E-state index is 9.65. The first-order valence-corrected chi connectivity index (χ1v) is 7.79. The molecular formula is C16H21BrN2. The molecule has 0 bridgehead atoms. The van der Waals surface area contributed by atoms with Gasteiger partial charge in [-0.05, 0) is 55.7 Å². The fourth-order valence-electron chi connectivity index (χ4n) is 2.97. The van der Waals surface area contributed by atoms with Gasteiger partial charge in [0.25, 0.3) is 0 Å². The van der Waals surface area contributed by atoms with Crippen molar-refractivity contribution in [3.8, 4) is 6.07 Å². The third-order valence-electron chi connectivity index (χ3n) is 4.15. The van der Waals surface area contributed by atoms with Gasteiger partial charge in [-0.3, -0.25) is 0 Å². The monoisotopic (exact) mass is 320 g/mol. The van der Waals surface area contributed by atoms with Crippen molar-refractivity contribution in [2.45, 2.75) is 45.1 Å². The SMILES string of the molecule is CC(C)C1CCCC(C#N)(Nc2cccc(Br)c2)C1. The number of rotatable bonds is 3. The van der Waals surface area contributed by atoms with Gasteiger partial charge in [0, 0.05) is 10.2 Å². The smallest absolute Gasteiger partial charge is 0.125 e. The second-order valence-electron chi connectivity index (χ2n) is 5.93. The zero-order valence-electron chi connectivity index (χ0n) is 11.6. The summed E-state index contributed by atoms with van der Waals surface area (Å²) in [7, 11) is 0. The van der Waals surface area contributed by atoms with Crippen LogP contribution < -0.4 is 5.32 Å². The molecule has 1 N–H and O–H groups in total. The topological polar surface area (TPSA) is 35.8 Å². The molecule has 0 radical (unpaired) electrons. The second kappa shape index (κ2) is 5.96. The van der Waals surface area contributed by atoms with Crippen molar-refractivity contribution >= 4 is 21.6 Å². The normalized spacial score (nSPS) is 27.0. The average Bonchev–Trinajstić information content (AvgIpc) is 2.39. The summed E-state index contributed by atoms with van der Waals surface area (Å²) >= 11 is 3.48. The van der Waals surface area contributed by atoms with Crippen LogP contribution in [-0.2, 0) is 0 Å². The summed E-state index contributed by atoms with van der Waals surface area (Å²) < 4.78 is 1.04. The Morgan fingerprint density at radius 2 is 2.26 bits per heavy atom. The molecule has 0 aromatic heterocycles. The molecule has 2 rings (SSSR count). The van der Waals surface area contributed by atoms with Crippen LogP contribution in [0.4, 0.5) is 5.69 Å². The molecule has 0 amide bonds. The van der Waals surface area contributed by atoms with Crippen LogP contribution in [0.15, 0.2) is 28.7 Å². The molecule has 102 valence electrons. The van der Waals surface area contributed by atoms with Crippen molar-refractivity contribution in [3.63, 3.8) is 0 Å². The first kappa shape index (κ1) is 14.4. The molecule has 1 fully saturated rings. The Kier molecular flexibility index (Phi) is 4.52. The lowest BCUT2D eigenvalue weighted by atomic mass is 9.72. The summed E-state index contributed by atoms with van der Waals surface area (Å²) in [6.07, 6.45) is 4.28. The van der Waals surface area contributed by atoms with Gasteiger partial charge in [-0.15, -0.1) is 0 Å². The number of anilines is 1. The van der Waals surface area contributed by atoms with E-state index in [9.17, 15) is 5.26 Å². The van der Waals surface area contributed by atoms with E-state index in [4.69, 9.17) is 0 Å². The lowest BCUT2D eigenvalue weighted by molar-refractivity contribution is 0.232. The summed E-state index contributed by atoms with van der Waals surface area (Å²) in [5.41, 5.74) is 0.633. The summed E-state index contributed by atoms with van der Waals surface area (Å²) in [6.45, 7) is 4.52. The van der Waals surface area contributed by atoms with Gasteiger partial charge < -0.3 is 5.32 Å². The van der Waals surface area contributed by atoms with Crippen molar-refractivity contribution in [1.29, 1.82) is 5.26 Å². The van der Waals surface area contributed by atoms with E-state index in [1.165, 1.54) is 6.42 Å². The van der Waals surface area contributed by atoms with Crippen molar-refractivity contribution < 1.29 is 0 Å². The Morgan fingerprint density at radius 1 is 1.47 bits per heavy atom. The third kappa shape index (κ3) is 3.51. The van der Waals surface area contributed by atoms with E-state index in [2.05, 4.69) is 41.2 Å². The Bertz CT molecular complexity index is 478. The number of nitriles is 1. The first-order valence-electron chi connectivity index (χ1n) is 7.00. The predicted octanol–water partition coefficient (Wildman–Crippen LogP) is 4.97. The van der Waals surface area contributed by atoms with Crippen molar-refractivity contribution in [3.05, 3.63) is 28.7 Å². The second-order valence-corrected chi connectivity index (χ2v) is 6.85. The van der Waals surface area contributed by atoms with E-state index in [0.29, 0.717) is 11.8 Å². The fraction of sp³-hybridized carbons (Fsp3) is 0.562. The summed E-state index contributed by atoms with van der Waals surface area (Å²) in [4.78, 5) is 0. The van der Waals surface area contributed by atoms with E-state index in [1.54, 1.807) is 0 Å². The number of hydrogen-bond donors (Lipinski definition) is 1.